The number of halogens is 2. The molecule has 0 aromatic heterocycles. The van der Waals surface area contributed by atoms with E-state index in [-0.39, 0.29) is 17.9 Å². The van der Waals surface area contributed by atoms with E-state index in [4.69, 9.17) is 4.74 Å². The number of anilines is 2. The number of nitrogens with zero attached hydrogens (tertiary/aromatic N) is 2. The molecule has 0 bridgehead atoms. The normalized spacial score (nSPS) is 14.2. The first-order valence-corrected chi connectivity index (χ1v) is 11.1. The largest absolute Gasteiger partial charge is 0.478 e. The summed E-state index contributed by atoms with van der Waals surface area (Å²) in [7, 11) is -4.57. The third kappa shape index (κ3) is 5.07. The summed E-state index contributed by atoms with van der Waals surface area (Å²) in [4.78, 5) is 25.6. The van der Waals surface area contributed by atoms with Crippen molar-refractivity contribution in [1.29, 1.82) is 0 Å². The molecule has 1 amide bonds. The van der Waals surface area contributed by atoms with Crippen LogP contribution in [0.25, 0.3) is 0 Å². The summed E-state index contributed by atoms with van der Waals surface area (Å²) in [5.74, 6) is -3.39. The highest BCUT2D eigenvalue weighted by Crippen LogP contribution is 2.31. The zero-order valence-electron chi connectivity index (χ0n) is 17.0. The van der Waals surface area contributed by atoms with Crippen molar-refractivity contribution in [3.05, 3.63) is 53.6 Å². The Morgan fingerprint density at radius 3 is 2.41 bits per heavy atom. The Morgan fingerprint density at radius 1 is 1.09 bits per heavy atom. The molecule has 2 aromatic carbocycles. The highest BCUT2D eigenvalue weighted by atomic mass is 32.2. The number of rotatable bonds is 6. The van der Waals surface area contributed by atoms with Crippen molar-refractivity contribution in [3.63, 3.8) is 0 Å². The van der Waals surface area contributed by atoms with Crippen LogP contribution in [0.3, 0.4) is 0 Å². The van der Waals surface area contributed by atoms with Crippen LogP contribution < -0.4 is 9.62 Å². The van der Waals surface area contributed by atoms with Crippen LogP contribution in [0.5, 0.6) is 0 Å². The van der Waals surface area contributed by atoms with Gasteiger partial charge in [0.05, 0.1) is 23.5 Å². The molecule has 1 heterocycles. The molecule has 12 heteroatoms. The smallest absolute Gasteiger partial charge is 0.409 e. The van der Waals surface area contributed by atoms with Crippen molar-refractivity contribution in [2.24, 2.45) is 0 Å². The van der Waals surface area contributed by atoms with Gasteiger partial charge in [0.15, 0.2) is 0 Å². The van der Waals surface area contributed by atoms with Gasteiger partial charge in [-0.15, -0.1) is 0 Å². The van der Waals surface area contributed by atoms with E-state index in [1.165, 1.54) is 17.0 Å². The molecular formula is C20H21F2N3O6S. The molecule has 0 aliphatic carbocycles. The van der Waals surface area contributed by atoms with Gasteiger partial charge in [-0.25, -0.2) is 26.8 Å². The molecule has 0 spiro atoms. The zero-order valence-corrected chi connectivity index (χ0v) is 17.9. The fourth-order valence-electron chi connectivity index (χ4n) is 3.25. The van der Waals surface area contributed by atoms with Crippen LogP contribution in [0.2, 0.25) is 0 Å². The van der Waals surface area contributed by atoms with E-state index >= 15 is 0 Å². The highest BCUT2D eigenvalue weighted by molar-refractivity contribution is 7.92. The quantitative estimate of drug-likeness (QED) is 0.668. The molecule has 2 N–H and O–H groups in total. The molecule has 172 valence electrons. The Hall–Kier alpha value is -3.41. The maximum atomic E-state index is 14.1. The number of carbonyl (C=O) groups excluding carboxylic acids is 1. The first kappa shape index (κ1) is 23.3. The van der Waals surface area contributed by atoms with Gasteiger partial charge in [0, 0.05) is 26.2 Å². The van der Waals surface area contributed by atoms with Crippen LogP contribution in [-0.4, -0.2) is 63.3 Å². The molecule has 32 heavy (non-hydrogen) atoms. The lowest BCUT2D eigenvalue weighted by atomic mass is 10.1. The molecule has 1 aliphatic heterocycles. The van der Waals surface area contributed by atoms with Crippen molar-refractivity contribution in [2.45, 2.75) is 11.8 Å². The number of hydrogen-bond acceptors (Lipinski definition) is 6. The first-order chi connectivity index (χ1) is 15.1. The molecule has 0 saturated carbocycles. The fraction of sp³-hybridized carbons (Fsp3) is 0.300. The number of carboxylic acid groups (broad SMARTS) is 1. The van der Waals surface area contributed by atoms with Crippen LogP contribution in [0.1, 0.15) is 17.3 Å². The number of benzene rings is 2. The molecular weight excluding hydrogens is 448 g/mol. The summed E-state index contributed by atoms with van der Waals surface area (Å²) in [5, 5.41) is 9.29. The number of amides is 1. The van der Waals surface area contributed by atoms with Crippen molar-refractivity contribution >= 4 is 33.5 Å². The van der Waals surface area contributed by atoms with E-state index < -0.39 is 38.6 Å². The fourth-order valence-corrected chi connectivity index (χ4v) is 4.41. The van der Waals surface area contributed by atoms with Gasteiger partial charge >= 0.3 is 12.1 Å². The van der Waals surface area contributed by atoms with Gasteiger partial charge in [-0.3, -0.25) is 4.72 Å². The predicted molar refractivity (Wildman–Crippen MR) is 111 cm³/mol. The third-order valence-corrected chi connectivity index (χ3v) is 6.20. The van der Waals surface area contributed by atoms with E-state index in [9.17, 15) is 31.9 Å². The van der Waals surface area contributed by atoms with Crippen molar-refractivity contribution in [3.8, 4) is 0 Å². The Labute approximate surface area is 183 Å². The van der Waals surface area contributed by atoms with E-state index in [2.05, 4.69) is 4.72 Å². The minimum atomic E-state index is -4.57. The van der Waals surface area contributed by atoms with Gasteiger partial charge in [0.25, 0.3) is 10.0 Å². The van der Waals surface area contributed by atoms with Crippen LogP contribution in [0.4, 0.5) is 25.0 Å². The average molecular weight is 469 g/mol. The van der Waals surface area contributed by atoms with Crippen molar-refractivity contribution < 1.29 is 36.6 Å². The Bertz CT molecular complexity index is 1130. The van der Waals surface area contributed by atoms with Gasteiger partial charge in [-0.2, -0.15) is 0 Å². The molecule has 9 nitrogen and oxygen atoms in total. The average Bonchev–Trinajstić information content (AvgIpc) is 2.75. The van der Waals surface area contributed by atoms with Crippen LogP contribution in [0.15, 0.2) is 41.3 Å². The number of ether oxygens (including phenoxy) is 1. The summed E-state index contributed by atoms with van der Waals surface area (Å²) >= 11 is 0. The molecule has 0 unspecified atom stereocenters. The van der Waals surface area contributed by atoms with E-state index in [0.29, 0.717) is 44.0 Å². The maximum absolute atomic E-state index is 14.1. The zero-order chi connectivity index (χ0) is 23.5. The molecule has 0 radical (unpaired) electrons. The molecule has 1 fully saturated rings. The molecule has 2 aromatic rings. The SMILES string of the molecule is CCOC(=O)N1CCN(c2ccc(C(=O)O)cc2NS(=O)(=O)c2cc(F)ccc2F)CC1. The second-order valence-corrected chi connectivity index (χ2v) is 8.54. The van der Waals surface area contributed by atoms with Crippen LogP contribution >= 0.6 is 0 Å². The highest BCUT2D eigenvalue weighted by Gasteiger charge is 2.27. The summed E-state index contributed by atoms with van der Waals surface area (Å²) in [5.41, 5.74) is 0.0216. The molecule has 3 rings (SSSR count). The lowest BCUT2D eigenvalue weighted by Crippen LogP contribution is -2.49. The summed E-state index contributed by atoms with van der Waals surface area (Å²) < 4.78 is 60.2. The monoisotopic (exact) mass is 469 g/mol. The Kier molecular flexibility index (Phi) is 6.82. The van der Waals surface area contributed by atoms with Gasteiger partial charge in [-0.1, -0.05) is 0 Å². The van der Waals surface area contributed by atoms with Crippen LogP contribution in [0, 0.1) is 11.6 Å². The number of sulfonamides is 1. The second-order valence-electron chi connectivity index (χ2n) is 6.89. The van der Waals surface area contributed by atoms with Crippen molar-refractivity contribution in [1.82, 2.24) is 4.90 Å². The van der Waals surface area contributed by atoms with Crippen molar-refractivity contribution in [2.75, 3.05) is 42.4 Å². The standard InChI is InChI=1S/C20H21F2N3O6S/c1-2-31-20(28)25-9-7-24(8-10-25)17-6-3-13(19(26)27)11-16(17)23-32(29,30)18-12-14(21)4-5-15(18)22/h3-6,11-12,23H,2,7-10H2,1H3,(H,26,27). The molecule has 1 saturated heterocycles. The number of carbonyl (C=O) groups is 2. The van der Waals surface area contributed by atoms with Gasteiger partial charge < -0.3 is 19.6 Å². The van der Waals surface area contributed by atoms with Gasteiger partial charge in [-0.05, 0) is 43.3 Å². The topological polar surface area (TPSA) is 116 Å². The predicted octanol–water partition coefficient (Wildman–Crippen LogP) is 2.74. The second kappa shape index (κ2) is 9.39. The lowest BCUT2D eigenvalue weighted by molar-refractivity contribution is 0.0696. The number of hydrogen-bond donors (Lipinski definition) is 2. The Morgan fingerprint density at radius 2 is 1.78 bits per heavy atom. The van der Waals surface area contributed by atoms with E-state index in [1.54, 1.807) is 11.8 Å². The summed E-state index contributed by atoms with van der Waals surface area (Å²) in [6.07, 6.45) is -0.462. The maximum Gasteiger partial charge on any atom is 0.409 e. The molecule has 1 aliphatic rings. The Balaban J connectivity index is 1.92. The number of aromatic carboxylic acids is 1. The summed E-state index contributed by atoms with van der Waals surface area (Å²) in [6.45, 7) is 3.15. The van der Waals surface area contributed by atoms with E-state index in [0.717, 1.165) is 12.1 Å². The van der Waals surface area contributed by atoms with Gasteiger partial charge in [0.2, 0.25) is 0 Å². The number of carboxylic acids is 1. The first-order valence-electron chi connectivity index (χ1n) is 9.64. The minimum Gasteiger partial charge on any atom is -0.478 e. The summed E-state index contributed by atoms with van der Waals surface area (Å²) in [6, 6.07) is 5.83. The van der Waals surface area contributed by atoms with E-state index in [1.807, 2.05) is 0 Å². The van der Waals surface area contributed by atoms with Crippen LogP contribution in [-0.2, 0) is 14.8 Å². The lowest BCUT2D eigenvalue weighted by Gasteiger charge is -2.36. The number of piperazine rings is 1. The third-order valence-electron chi connectivity index (χ3n) is 4.82. The number of nitrogens with one attached hydrogen (secondary N) is 1. The minimum absolute atomic E-state index is 0.113. The van der Waals surface area contributed by atoms with Gasteiger partial charge in [0.1, 0.15) is 16.5 Å². The molecule has 0 atom stereocenters.